The number of carbonyl (C=O) groups excluding carboxylic acids is 2. The fourth-order valence-electron chi connectivity index (χ4n) is 3.73. The minimum Gasteiger partial charge on any atom is -0.490 e. The lowest BCUT2D eigenvalue weighted by Gasteiger charge is -2.32. The van der Waals surface area contributed by atoms with Crippen molar-refractivity contribution in [2.45, 2.75) is 65.5 Å². The largest absolute Gasteiger partial charge is 0.490 e. The van der Waals surface area contributed by atoms with E-state index in [4.69, 9.17) is 9.47 Å². The number of carbonyl (C=O) groups is 2. The van der Waals surface area contributed by atoms with Crippen molar-refractivity contribution in [3.8, 4) is 11.5 Å². The summed E-state index contributed by atoms with van der Waals surface area (Å²) in [6.45, 7) is 9.00. The summed E-state index contributed by atoms with van der Waals surface area (Å²) in [5.41, 5.74) is 0.633. The van der Waals surface area contributed by atoms with Gasteiger partial charge in [0.25, 0.3) is 0 Å². The van der Waals surface area contributed by atoms with E-state index in [1.165, 1.54) is 6.42 Å². The molecule has 2 amide bonds. The van der Waals surface area contributed by atoms with Crippen LogP contribution in [-0.4, -0.2) is 55.6 Å². The van der Waals surface area contributed by atoms with Crippen molar-refractivity contribution >= 4 is 17.5 Å². The minimum absolute atomic E-state index is 0.0243. The first-order chi connectivity index (χ1) is 14.3. The third kappa shape index (κ3) is 6.90. The summed E-state index contributed by atoms with van der Waals surface area (Å²) >= 11 is 0. The zero-order valence-corrected chi connectivity index (χ0v) is 19.0. The number of nitrogens with zero attached hydrogens (tertiary/aromatic N) is 1. The predicted molar refractivity (Wildman–Crippen MR) is 119 cm³/mol. The van der Waals surface area contributed by atoms with Crippen LogP contribution in [0.2, 0.25) is 0 Å². The van der Waals surface area contributed by atoms with Crippen molar-refractivity contribution in [3.05, 3.63) is 18.2 Å². The van der Waals surface area contributed by atoms with E-state index in [1.54, 1.807) is 30.1 Å². The molecule has 1 aromatic rings. The van der Waals surface area contributed by atoms with Crippen LogP contribution < -0.4 is 20.1 Å². The summed E-state index contributed by atoms with van der Waals surface area (Å²) < 4.78 is 11.2. The first-order valence-electron chi connectivity index (χ1n) is 11.1. The topological polar surface area (TPSA) is 79.9 Å². The van der Waals surface area contributed by atoms with Crippen LogP contribution in [0, 0.1) is 5.92 Å². The maximum atomic E-state index is 12.6. The van der Waals surface area contributed by atoms with Crippen molar-refractivity contribution in [1.82, 2.24) is 10.2 Å². The third-order valence-electron chi connectivity index (χ3n) is 5.70. The lowest BCUT2D eigenvalue weighted by Crippen LogP contribution is -2.50. The van der Waals surface area contributed by atoms with Crippen LogP contribution in [0.15, 0.2) is 18.2 Å². The molecule has 3 atom stereocenters. The van der Waals surface area contributed by atoms with Gasteiger partial charge in [0.05, 0.1) is 25.8 Å². The van der Waals surface area contributed by atoms with Gasteiger partial charge in [-0.2, -0.15) is 0 Å². The molecule has 1 saturated carbocycles. The monoisotopic (exact) mass is 419 g/mol. The number of hydrogen-bond acceptors (Lipinski definition) is 5. The SMILES string of the molecule is CCOc1ccc(NC(=O)CN(C)[C@@H](C)C(=O)N[C@@H]2CCCC[C@@H]2C)cc1OCC. The predicted octanol–water partition coefficient (Wildman–Crippen LogP) is 3.44. The normalized spacial score (nSPS) is 19.8. The van der Waals surface area contributed by atoms with Crippen molar-refractivity contribution in [2.75, 3.05) is 32.1 Å². The van der Waals surface area contributed by atoms with Crippen molar-refractivity contribution < 1.29 is 19.1 Å². The lowest BCUT2D eigenvalue weighted by molar-refractivity contribution is -0.127. The van der Waals surface area contributed by atoms with Crippen LogP contribution in [0.25, 0.3) is 0 Å². The van der Waals surface area contributed by atoms with Crippen molar-refractivity contribution in [1.29, 1.82) is 0 Å². The average molecular weight is 420 g/mol. The van der Waals surface area contributed by atoms with E-state index < -0.39 is 0 Å². The van der Waals surface area contributed by atoms with Crippen molar-refractivity contribution in [3.63, 3.8) is 0 Å². The number of rotatable bonds is 10. The summed E-state index contributed by atoms with van der Waals surface area (Å²) in [6, 6.07) is 5.18. The molecule has 0 spiro atoms. The summed E-state index contributed by atoms with van der Waals surface area (Å²) in [5.74, 6) is 1.54. The molecule has 1 fully saturated rings. The molecule has 168 valence electrons. The van der Waals surface area contributed by atoms with Crippen LogP contribution in [0.4, 0.5) is 5.69 Å². The van der Waals surface area contributed by atoms with Crippen molar-refractivity contribution in [2.24, 2.45) is 5.92 Å². The van der Waals surface area contributed by atoms with Crippen LogP contribution in [-0.2, 0) is 9.59 Å². The molecular weight excluding hydrogens is 382 g/mol. The lowest BCUT2D eigenvalue weighted by atomic mass is 9.86. The molecule has 0 unspecified atom stereocenters. The zero-order chi connectivity index (χ0) is 22.1. The zero-order valence-electron chi connectivity index (χ0n) is 19.0. The van der Waals surface area contributed by atoms with Crippen LogP contribution in [0.5, 0.6) is 11.5 Å². The summed E-state index contributed by atoms with van der Waals surface area (Å²) in [6.07, 6.45) is 4.58. The smallest absolute Gasteiger partial charge is 0.238 e. The van der Waals surface area contributed by atoms with E-state index in [0.717, 1.165) is 19.3 Å². The Labute approximate surface area is 180 Å². The fourth-order valence-corrected chi connectivity index (χ4v) is 3.73. The molecule has 1 aromatic carbocycles. The molecule has 2 rings (SSSR count). The van der Waals surface area contributed by atoms with Gasteiger partial charge in [0.1, 0.15) is 0 Å². The van der Waals surface area contributed by atoms with Gasteiger partial charge >= 0.3 is 0 Å². The number of hydrogen-bond donors (Lipinski definition) is 2. The van der Waals surface area contributed by atoms with Gasteiger partial charge in [0, 0.05) is 17.8 Å². The number of likely N-dealkylation sites (N-methyl/N-ethyl adjacent to an activating group) is 1. The quantitative estimate of drug-likeness (QED) is 0.607. The Morgan fingerprint density at radius 3 is 2.47 bits per heavy atom. The Morgan fingerprint density at radius 1 is 1.13 bits per heavy atom. The van der Waals surface area contributed by atoms with Gasteiger partial charge in [-0.25, -0.2) is 0 Å². The maximum Gasteiger partial charge on any atom is 0.238 e. The Hall–Kier alpha value is -2.28. The number of ether oxygens (including phenoxy) is 2. The molecule has 0 saturated heterocycles. The highest BCUT2D eigenvalue weighted by Crippen LogP contribution is 2.30. The highest BCUT2D eigenvalue weighted by Gasteiger charge is 2.27. The molecule has 0 aromatic heterocycles. The Morgan fingerprint density at radius 2 is 1.80 bits per heavy atom. The van der Waals surface area contributed by atoms with E-state index in [2.05, 4.69) is 17.6 Å². The molecule has 30 heavy (non-hydrogen) atoms. The van der Waals surface area contributed by atoms with Crippen LogP contribution in [0.3, 0.4) is 0 Å². The highest BCUT2D eigenvalue weighted by atomic mass is 16.5. The van der Waals surface area contributed by atoms with E-state index >= 15 is 0 Å². The van der Waals surface area contributed by atoms with Crippen LogP contribution in [0.1, 0.15) is 53.4 Å². The van der Waals surface area contributed by atoms with Gasteiger partial charge in [-0.1, -0.05) is 19.8 Å². The number of anilines is 1. The average Bonchev–Trinajstić information content (AvgIpc) is 2.71. The summed E-state index contributed by atoms with van der Waals surface area (Å²) in [5, 5.41) is 6.04. The molecular formula is C23H37N3O4. The molecule has 0 bridgehead atoms. The number of amides is 2. The molecule has 2 N–H and O–H groups in total. The van der Waals surface area contributed by atoms with E-state index in [9.17, 15) is 9.59 Å². The molecule has 1 aliphatic rings. The second-order valence-corrected chi connectivity index (χ2v) is 8.04. The van der Waals surface area contributed by atoms with E-state index in [0.29, 0.717) is 36.3 Å². The Bertz CT molecular complexity index is 710. The minimum atomic E-state index is -0.385. The fraction of sp³-hybridized carbons (Fsp3) is 0.652. The second kappa shape index (κ2) is 11.8. The van der Waals surface area contributed by atoms with E-state index in [1.807, 2.05) is 20.8 Å². The Balaban J connectivity index is 1.90. The van der Waals surface area contributed by atoms with Gasteiger partial charge in [-0.3, -0.25) is 14.5 Å². The third-order valence-corrected chi connectivity index (χ3v) is 5.70. The molecule has 0 aliphatic heterocycles. The van der Waals surface area contributed by atoms with E-state index in [-0.39, 0.29) is 30.4 Å². The standard InChI is InChI=1S/C23H37N3O4/c1-6-29-20-13-12-18(14-21(20)30-7-2)24-22(27)15-26(5)17(4)23(28)25-19-11-9-8-10-16(19)3/h12-14,16-17,19H,6-11,15H2,1-5H3,(H,24,27)(H,25,28)/t16-,17-,19+/m0/s1. The molecule has 1 aliphatic carbocycles. The second-order valence-electron chi connectivity index (χ2n) is 8.04. The molecule has 7 heteroatoms. The van der Waals surface area contributed by atoms with Gasteiger partial charge in [-0.05, 0) is 58.7 Å². The van der Waals surface area contributed by atoms with Gasteiger partial charge in [-0.15, -0.1) is 0 Å². The van der Waals surface area contributed by atoms with Gasteiger partial charge in [0.2, 0.25) is 11.8 Å². The van der Waals surface area contributed by atoms with Gasteiger partial charge in [0.15, 0.2) is 11.5 Å². The first-order valence-corrected chi connectivity index (χ1v) is 11.1. The number of nitrogens with one attached hydrogen (secondary N) is 2. The molecule has 7 nitrogen and oxygen atoms in total. The van der Waals surface area contributed by atoms with Crippen LogP contribution >= 0.6 is 0 Å². The first kappa shape index (κ1) is 24.0. The molecule has 0 heterocycles. The molecule has 0 radical (unpaired) electrons. The summed E-state index contributed by atoms with van der Waals surface area (Å²) in [7, 11) is 1.79. The summed E-state index contributed by atoms with van der Waals surface area (Å²) in [4.78, 5) is 26.9. The maximum absolute atomic E-state index is 12.6. The van der Waals surface area contributed by atoms with Gasteiger partial charge < -0.3 is 20.1 Å². The number of benzene rings is 1. The highest BCUT2D eigenvalue weighted by molar-refractivity contribution is 5.93. The Kier molecular flexibility index (Phi) is 9.43.